The van der Waals surface area contributed by atoms with Crippen LogP contribution in [0, 0.1) is 0 Å². The highest BCUT2D eigenvalue weighted by Gasteiger charge is 2.22. The van der Waals surface area contributed by atoms with Crippen molar-refractivity contribution < 1.29 is 14.3 Å². The first-order valence-electron chi connectivity index (χ1n) is 8.62. The third-order valence-corrected chi connectivity index (χ3v) is 4.09. The van der Waals surface area contributed by atoms with Gasteiger partial charge in [0.2, 0.25) is 5.91 Å². The number of hydrogen-bond donors (Lipinski definition) is 1. The molecule has 3 rings (SSSR count). The molecule has 0 radical (unpaired) electrons. The molecule has 0 bridgehead atoms. The summed E-state index contributed by atoms with van der Waals surface area (Å²) in [7, 11) is 0. The molecule has 5 heteroatoms. The molecular weight excluding hydrogens is 316 g/mol. The molecule has 1 saturated heterocycles. The van der Waals surface area contributed by atoms with Crippen LogP contribution in [0.3, 0.4) is 0 Å². The summed E-state index contributed by atoms with van der Waals surface area (Å²) in [6, 6.07) is 14.5. The summed E-state index contributed by atoms with van der Waals surface area (Å²) in [4.78, 5) is 26.3. The van der Waals surface area contributed by atoms with Gasteiger partial charge in [0.25, 0.3) is 5.91 Å². The average molecular weight is 338 g/mol. The molecule has 5 nitrogen and oxygen atoms in total. The standard InChI is InChI=1S/C20H22N2O3/c1-2-13-25-18-10-4-3-9-17(18)21-20(24)15-7-5-8-16(14-15)22-12-6-11-19(22)23/h3-5,7-10,14H,2,6,11-13H2,1H3,(H,21,24). The third kappa shape index (κ3) is 3.99. The minimum absolute atomic E-state index is 0.107. The van der Waals surface area contributed by atoms with Crippen LogP contribution in [-0.2, 0) is 4.79 Å². The lowest BCUT2D eigenvalue weighted by Crippen LogP contribution is -2.24. The number of amides is 2. The molecule has 0 aromatic heterocycles. The van der Waals surface area contributed by atoms with Gasteiger partial charge in [-0.25, -0.2) is 0 Å². The molecule has 0 atom stereocenters. The first-order chi connectivity index (χ1) is 12.2. The minimum atomic E-state index is -0.221. The van der Waals surface area contributed by atoms with E-state index >= 15 is 0 Å². The fourth-order valence-electron chi connectivity index (χ4n) is 2.84. The second-order valence-electron chi connectivity index (χ2n) is 6.00. The second kappa shape index (κ2) is 7.83. The molecule has 2 aromatic carbocycles. The van der Waals surface area contributed by atoms with Crippen molar-refractivity contribution in [1.82, 2.24) is 0 Å². The zero-order chi connectivity index (χ0) is 17.6. The molecule has 1 aliphatic rings. The molecule has 0 unspecified atom stereocenters. The number of anilines is 2. The van der Waals surface area contributed by atoms with E-state index in [9.17, 15) is 9.59 Å². The molecule has 0 spiro atoms. The Bertz CT molecular complexity index is 773. The zero-order valence-electron chi connectivity index (χ0n) is 14.3. The van der Waals surface area contributed by atoms with Gasteiger partial charge in [0.15, 0.2) is 0 Å². The van der Waals surface area contributed by atoms with Crippen molar-refractivity contribution in [3.05, 3.63) is 54.1 Å². The van der Waals surface area contributed by atoms with Gasteiger partial charge in [0, 0.05) is 24.2 Å². The Labute approximate surface area is 147 Å². The van der Waals surface area contributed by atoms with Gasteiger partial charge in [-0.05, 0) is 43.2 Å². The summed E-state index contributed by atoms with van der Waals surface area (Å²) < 4.78 is 5.67. The fraction of sp³-hybridized carbons (Fsp3) is 0.300. The number of nitrogens with one attached hydrogen (secondary N) is 1. The van der Waals surface area contributed by atoms with Crippen LogP contribution in [0.15, 0.2) is 48.5 Å². The van der Waals surface area contributed by atoms with Crippen LogP contribution in [0.5, 0.6) is 5.75 Å². The third-order valence-electron chi connectivity index (χ3n) is 4.09. The van der Waals surface area contributed by atoms with Gasteiger partial charge in [0.1, 0.15) is 5.75 Å². The van der Waals surface area contributed by atoms with Crippen LogP contribution in [0.2, 0.25) is 0 Å². The van der Waals surface area contributed by atoms with Crippen LogP contribution in [0.25, 0.3) is 0 Å². The molecule has 1 fully saturated rings. The van der Waals surface area contributed by atoms with E-state index in [1.807, 2.05) is 37.3 Å². The molecule has 0 aliphatic carbocycles. The highest BCUT2D eigenvalue weighted by Crippen LogP contribution is 2.26. The Morgan fingerprint density at radius 1 is 1.20 bits per heavy atom. The normalized spacial score (nSPS) is 13.8. The summed E-state index contributed by atoms with van der Waals surface area (Å²) >= 11 is 0. The number of benzene rings is 2. The summed E-state index contributed by atoms with van der Waals surface area (Å²) in [5.41, 5.74) is 1.93. The van der Waals surface area contributed by atoms with Crippen molar-refractivity contribution in [3.63, 3.8) is 0 Å². The molecule has 1 N–H and O–H groups in total. The van der Waals surface area contributed by atoms with E-state index in [0.717, 1.165) is 18.5 Å². The van der Waals surface area contributed by atoms with E-state index < -0.39 is 0 Å². The lowest BCUT2D eigenvalue weighted by atomic mass is 10.1. The predicted octanol–water partition coefficient (Wildman–Crippen LogP) is 3.85. The SMILES string of the molecule is CCCOc1ccccc1NC(=O)c1cccc(N2CCCC2=O)c1. The molecule has 130 valence electrons. The van der Waals surface area contributed by atoms with E-state index in [1.54, 1.807) is 23.1 Å². The number of hydrogen-bond acceptors (Lipinski definition) is 3. The first-order valence-corrected chi connectivity index (χ1v) is 8.62. The van der Waals surface area contributed by atoms with Gasteiger partial charge in [-0.15, -0.1) is 0 Å². The Hall–Kier alpha value is -2.82. The predicted molar refractivity (Wildman–Crippen MR) is 98.2 cm³/mol. The smallest absolute Gasteiger partial charge is 0.255 e. The maximum atomic E-state index is 12.6. The Morgan fingerprint density at radius 3 is 2.80 bits per heavy atom. The second-order valence-corrected chi connectivity index (χ2v) is 6.00. The van der Waals surface area contributed by atoms with Crippen molar-refractivity contribution in [2.24, 2.45) is 0 Å². The summed E-state index contributed by atoms with van der Waals surface area (Å²) in [5.74, 6) is 0.542. The van der Waals surface area contributed by atoms with E-state index in [4.69, 9.17) is 4.74 Å². The van der Waals surface area contributed by atoms with E-state index in [1.165, 1.54) is 0 Å². The van der Waals surface area contributed by atoms with Crippen molar-refractivity contribution >= 4 is 23.2 Å². The number of ether oxygens (including phenoxy) is 1. The van der Waals surface area contributed by atoms with Crippen LogP contribution in [-0.4, -0.2) is 25.0 Å². The number of para-hydroxylation sites is 2. The van der Waals surface area contributed by atoms with Gasteiger partial charge < -0.3 is 15.0 Å². The zero-order valence-corrected chi connectivity index (χ0v) is 14.3. The summed E-state index contributed by atoms with van der Waals surface area (Å²) in [6.07, 6.45) is 2.32. The monoisotopic (exact) mass is 338 g/mol. The lowest BCUT2D eigenvalue weighted by molar-refractivity contribution is -0.117. The first kappa shape index (κ1) is 17.0. The van der Waals surface area contributed by atoms with Crippen molar-refractivity contribution in [3.8, 4) is 5.75 Å². The van der Waals surface area contributed by atoms with Gasteiger partial charge in [-0.2, -0.15) is 0 Å². The highest BCUT2D eigenvalue weighted by atomic mass is 16.5. The quantitative estimate of drug-likeness (QED) is 0.870. The van der Waals surface area contributed by atoms with Crippen molar-refractivity contribution in [1.29, 1.82) is 0 Å². The maximum Gasteiger partial charge on any atom is 0.255 e. The van der Waals surface area contributed by atoms with E-state index in [0.29, 0.717) is 36.6 Å². The van der Waals surface area contributed by atoms with E-state index in [-0.39, 0.29) is 11.8 Å². The fourth-order valence-corrected chi connectivity index (χ4v) is 2.84. The summed E-state index contributed by atoms with van der Waals surface area (Å²) in [6.45, 7) is 3.34. The highest BCUT2D eigenvalue weighted by molar-refractivity contribution is 6.06. The molecule has 2 amide bonds. The lowest BCUT2D eigenvalue weighted by Gasteiger charge is -2.17. The van der Waals surface area contributed by atoms with Gasteiger partial charge in [0.05, 0.1) is 12.3 Å². The molecule has 1 aliphatic heterocycles. The van der Waals surface area contributed by atoms with Crippen molar-refractivity contribution in [2.75, 3.05) is 23.4 Å². The number of nitrogens with zero attached hydrogens (tertiary/aromatic N) is 1. The number of carbonyl (C=O) groups is 2. The Balaban J connectivity index is 1.77. The molecular formula is C20H22N2O3. The van der Waals surface area contributed by atoms with Gasteiger partial charge in [-0.1, -0.05) is 25.1 Å². The average Bonchev–Trinajstić information content (AvgIpc) is 3.07. The van der Waals surface area contributed by atoms with Gasteiger partial charge in [-0.3, -0.25) is 9.59 Å². The Morgan fingerprint density at radius 2 is 2.04 bits per heavy atom. The number of carbonyl (C=O) groups excluding carboxylic acids is 2. The topological polar surface area (TPSA) is 58.6 Å². The van der Waals surface area contributed by atoms with E-state index in [2.05, 4.69) is 5.32 Å². The largest absolute Gasteiger partial charge is 0.491 e. The van der Waals surface area contributed by atoms with Crippen LogP contribution in [0.1, 0.15) is 36.5 Å². The minimum Gasteiger partial charge on any atom is -0.491 e. The van der Waals surface area contributed by atoms with Crippen LogP contribution < -0.4 is 15.0 Å². The summed E-state index contributed by atoms with van der Waals surface area (Å²) in [5, 5.41) is 2.90. The molecule has 2 aromatic rings. The molecule has 25 heavy (non-hydrogen) atoms. The molecule has 1 heterocycles. The van der Waals surface area contributed by atoms with Crippen LogP contribution >= 0.6 is 0 Å². The van der Waals surface area contributed by atoms with Crippen molar-refractivity contribution in [2.45, 2.75) is 26.2 Å². The Kier molecular flexibility index (Phi) is 5.33. The maximum absolute atomic E-state index is 12.6. The van der Waals surface area contributed by atoms with Crippen LogP contribution in [0.4, 0.5) is 11.4 Å². The van der Waals surface area contributed by atoms with Gasteiger partial charge >= 0.3 is 0 Å². The molecule has 0 saturated carbocycles. The number of rotatable bonds is 6.